The number of carbonyl (C=O) groups excluding carboxylic acids is 3. The topological polar surface area (TPSA) is 202 Å². The number of nitrogens with one attached hydrogen (secondary N) is 3. The summed E-state index contributed by atoms with van der Waals surface area (Å²) in [6.45, 7) is 5.40. The fraction of sp³-hybridized carbons (Fsp3) is 0.864. The maximum Gasteiger partial charge on any atom is 0.237 e. The molecule has 13 nitrogen and oxygen atoms in total. The molecule has 1 aliphatic rings. The number of carbonyl (C=O) groups is 3. The quantitative estimate of drug-likeness (QED) is 0.0686. The largest absolute Gasteiger partial charge is 0.394 e. The summed E-state index contributed by atoms with van der Waals surface area (Å²) in [4.78, 5) is 35.4. The van der Waals surface area contributed by atoms with E-state index in [-0.39, 0.29) is 31.8 Å². The van der Waals surface area contributed by atoms with Crippen LogP contribution in [-0.2, 0) is 28.6 Å². The van der Waals surface area contributed by atoms with Gasteiger partial charge in [-0.15, -0.1) is 0 Å². The lowest BCUT2D eigenvalue weighted by Gasteiger charge is -2.42. The van der Waals surface area contributed by atoms with E-state index in [2.05, 4.69) is 16.0 Å². The molecule has 1 fully saturated rings. The van der Waals surface area contributed by atoms with Gasteiger partial charge in [-0.2, -0.15) is 0 Å². The Balaban J connectivity index is 2.26. The van der Waals surface area contributed by atoms with E-state index in [1.807, 2.05) is 13.8 Å². The summed E-state index contributed by atoms with van der Waals surface area (Å²) in [7, 11) is 0. The molecule has 8 N–H and O–H groups in total. The highest BCUT2D eigenvalue weighted by Gasteiger charge is 2.45. The molecule has 0 radical (unpaired) electrons. The molecule has 0 aromatic rings. The zero-order valence-corrected chi connectivity index (χ0v) is 20.8. The van der Waals surface area contributed by atoms with Crippen molar-refractivity contribution < 1.29 is 43.9 Å². The van der Waals surface area contributed by atoms with Gasteiger partial charge in [0.15, 0.2) is 6.29 Å². The number of nitrogens with two attached hydrogens (primary N) is 1. The molecule has 1 aliphatic heterocycles. The van der Waals surface area contributed by atoms with E-state index in [1.54, 1.807) is 0 Å². The summed E-state index contributed by atoms with van der Waals surface area (Å²) < 4.78 is 16.4. The third-order valence-electron chi connectivity index (χ3n) is 5.29. The third-order valence-corrected chi connectivity index (χ3v) is 5.29. The molecule has 0 saturated carbocycles. The number of unbranched alkanes of at least 4 members (excludes halogenated alkanes) is 3. The van der Waals surface area contributed by atoms with Crippen molar-refractivity contribution in [2.24, 2.45) is 5.73 Å². The number of hydrogen-bond donors (Lipinski definition) is 7. The van der Waals surface area contributed by atoms with E-state index in [0.717, 1.165) is 12.8 Å². The normalized spacial score (nSPS) is 25.2. The van der Waals surface area contributed by atoms with Crippen LogP contribution in [0.3, 0.4) is 0 Å². The van der Waals surface area contributed by atoms with Gasteiger partial charge in [-0.25, -0.2) is 0 Å². The Morgan fingerprint density at radius 1 is 1.00 bits per heavy atom. The lowest BCUT2D eigenvalue weighted by molar-refractivity contribution is -0.270. The summed E-state index contributed by atoms with van der Waals surface area (Å²) in [5.74, 6) is -1.30. The SMILES string of the molecule is CC(C)OCNC(=O)CC(=O)NCCCCCCOC1OC(CO)C(O)C(O)C1NC(=O)[C@@H](C)N. The second-order valence-corrected chi connectivity index (χ2v) is 8.80. The number of rotatable bonds is 16. The molecule has 0 aliphatic carbocycles. The van der Waals surface area contributed by atoms with Gasteiger partial charge in [0.05, 0.1) is 18.8 Å². The first kappa shape index (κ1) is 31.2. The van der Waals surface area contributed by atoms with Crippen molar-refractivity contribution in [1.29, 1.82) is 0 Å². The van der Waals surface area contributed by atoms with Crippen LogP contribution in [0.4, 0.5) is 0 Å². The highest BCUT2D eigenvalue weighted by atomic mass is 16.7. The summed E-state index contributed by atoms with van der Waals surface area (Å²) >= 11 is 0. The Hall–Kier alpha value is -1.87. The molecule has 3 amide bonds. The van der Waals surface area contributed by atoms with Gasteiger partial charge in [-0.3, -0.25) is 14.4 Å². The van der Waals surface area contributed by atoms with Crippen molar-refractivity contribution >= 4 is 17.7 Å². The van der Waals surface area contributed by atoms with Crippen LogP contribution in [0, 0.1) is 0 Å². The van der Waals surface area contributed by atoms with Gasteiger partial charge in [-0.05, 0) is 33.6 Å². The van der Waals surface area contributed by atoms with Crippen LogP contribution < -0.4 is 21.7 Å². The third kappa shape index (κ3) is 12.1. The first-order chi connectivity index (χ1) is 16.6. The molecule has 0 aromatic carbocycles. The fourth-order valence-corrected chi connectivity index (χ4v) is 3.24. The predicted octanol–water partition coefficient (Wildman–Crippen LogP) is -2.16. The molecular formula is C22H42N4O9. The van der Waals surface area contributed by atoms with Gasteiger partial charge in [0.2, 0.25) is 17.7 Å². The van der Waals surface area contributed by atoms with Crippen LogP contribution in [0.2, 0.25) is 0 Å². The van der Waals surface area contributed by atoms with E-state index >= 15 is 0 Å². The Morgan fingerprint density at radius 3 is 2.29 bits per heavy atom. The van der Waals surface area contributed by atoms with Crippen LogP contribution >= 0.6 is 0 Å². The molecule has 0 aromatic heterocycles. The Kier molecular flexibility index (Phi) is 14.9. The minimum absolute atomic E-state index is 0.0102. The monoisotopic (exact) mass is 506 g/mol. The van der Waals surface area contributed by atoms with Crippen molar-refractivity contribution in [1.82, 2.24) is 16.0 Å². The van der Waals surface area contributed by atoms with E-state index in [9.17, 15) is 29.7 Å². The molecule has 13 heteroatoms. The van der Waals surface area contributed by atoms with Crippen LogP contribution in [0.1, 0.15) is 52.9 Å². The highest BCUT2D eigenvalue weighted by Crippen LogP contribution is 2.22. The van der Waals surface area contributed by atoms with E-state index in [0.29, 0.717) is 19.4 Å². The fourth-order valence-electron chi connectivity index (χ4n) is 3.24. The Labute approximate surface area is 206 Å². The predicted molar refractivity (Wildman–Crippen MR) is 125 cm³/mol. The summed E-state index contributed by atoms with van der Waals surface area (Å²) in [5, 5.41) is 37.5. The zero-order valence-electron chi connectivity index (χ0n) is 20.8. The van der Waals surface area contributed by atoms with Crippen LogP contribution in [0.5, 0.6) is 0 Å². The standard InChI is InChI=1S/C22H42N4O9/c1-13(2)34-12-25-17(29)10-16(28)24-8-6-4-5-7-9-33-22-18(26-21(32)14(3)23)20(31)19(30)15(11-27)35-22/h13-15,18-20,22,27,30-31H,4-12,23H2,1-3H3,(H,24,28)(H,25,29)(H,26,32)/t14-,15?,18?,19?,20?,22?/m1/s1. The molecule has 1 rings (SSSR count). The Bertz CT molecular complexity index is 650. The average Bonchev–Trinajstić information content (AvgIpc) is 2.79. The van der Waals surface area contributed by atoms with Crippen molar-refractivity contribution in [2.75, 3.05) is 26.5 Å². The van der Waals surface area contributed by atoms with Crippen molar-refractivity contribution in [3.05, 3.63) is 0 Å². The van der Waals surface area contributed by atoms with Gasteiger partial charge in [0, 0.05) is 13.2 Å². The summed E-state index contributed by atoms with van der Waals surface area (Å²) in [6.07, 6.45) is -2.24. The number of aliphatic hydroxyl groups excluding tert-OH is 3. The number of hydrogen-bond acceptors (Lipinski definition) is 10. The second-order valence-electron chi connectivity index (χ2n) is 8.80. The molecule has 204 valence electrons. The van der Waals surface area contributed by atoms with E-state index in [4.69, 9.17) is 19.9 Å². The van der Waals surface area contributed by atoms with E-state index < -0.39 is 55.1 Å². The molecule has 1 saturated heterocycles. The first-order valence-corrected chi connectivity index (χ1v) is 12.0. The molecule has 6 atom stereocenters. The van der Waals surface area contributed by atoms with Gasteiger partial charge in [-0.1, -0.05) is 12.8 Å². The lowest BCUT2D eigenvalue weighted by atomic mass is 9.96. The maximum atomic E-state index is 12.0. The van der Waals surface area contributed by atoms with Crippen molar-refractivity contribution in [3.8, 4) is 0 Å². The molecule has 5 unspecified atom stereocenters. The number of ether oxygens (including phenoxy) is 3. The second kappa shape index (κ2) is 16.7. The molecule has 0 bridgehead atoms. The average molecular weight is 507 g/mol. The number of amides is 3. The number of aliphatic hydroxyl groups is 3. The zero-order chi connectivity index (χ0) is 26.4. The van der Waals surface area contributed by atoms with Gasteiger partial charge in [0.1, 0.15) is 37.5 Å². The van der Waals surface area contributed by atoms with Gasteiger partial charge >= 0.3 is 0 Å². The smallest absolute Gasteiger partial charge is 0.237 e. The van der Waals surface area contributed by atoms with Crippen LogP contribution in [0.15, 0.2) is 0 Å². The van der Waals surface area contributed by atoms with Crippen LogP contribution in [0.25, 0.3) is 0 Å². The Morgan fingerprint density at radius 2 is 1.66 bits per heavy atom. The molecule has 35 heavy (non-hydrogen) atoms. The van der Waals surface area contributed by atoms with Crippen LogP contribution in [-0.4, -0.2) is 102 Å². The molecular weight excluding hydrogens is 464 g/mol. The first-order valence-electron chi connectivity index (χ1n) is 12.0. The van der Waals surface area contributed by atoms with Gasteiger partial charge < -0.3 is 51.2 Å². The minimum atomic E-state index is -1.40. The highest BCUT2D eigenvalue weighted by molar-refractivity contribution is 5.96. The maximum absolute atomic E-state index is 12.0. The molecule has 1 heterocycles. The summed E-state index contributed by atoms with van der Waals surface area (Å²) in [5.41, 5.74) is 5.55. The van der Waals surface area contributed by atoms with Crippen molar-refractivity contribution in [3.63, 3.8) is 0 Å². The van der Waals surface area contributed by atoms with E-state index in [1.165, 1.54) is 6.92 Å². The van der Waals surface area contributed by atoms with Crippen molar-refractivity contribution in [2.45, 2.75) is 95.7 Å². The van der Waals surface area contributed by atoms with Gasteiger partial charge in [0.25, 0.3) is 0 Å². The molecule has 0 spiro atoms. The summed E-state index contributed by atoms with van der Waals surface area (Å²) in [6, 6.07) is -1.88. The minimum Gasteiger partial charge on any atom is -0.394 e. The lowest BCUT2D eigenvalue weighted by Crippen LogP contribution is -2.65.